The summed E-state index contributed by atoms with van der Waals surface area (Å²) in [6.07, 6.45) is 3.66. The molecule has 0 saturated heterocycles. The molecule has 1 aromatic rings. The summed E-state index contributed by atoms with van der Waals surface area (Å²) >= 11 is 1.65. The molecule has 0 fully saturated rings. The number of rotatable bonds is 7. The van der Waals surface area contributed by atoms with Crippen LogP contribution in [0, 0.1) is 0 Å². The van der Waals surface area contributed by atoms with E-state index < -0.39 is 0 Å². The number of ether oxygens (including phenoxy) is 1. The lowest BCUT2D eigenvalue weighted by Gasteiger charge is -2.36. The highest BCUT2D eigenvalue weighted by Gasteiger charge is 2.32. The predicted octanol–water partition coefficient (Wildman–Crippen LogP) is 1.72. The van der Waals surface area contributed by atoms with Gasteiger partial charge in [0.25, 0.3) is 0 Å². The van der Waals surface area contributed by atoms with E-state index in [0.717, 1.165) is 12.8 Å². The molecule has 0 aliphatic heterocycles. The van der Waals surface area contributed by atoms with Gasteiger partial charge in [0, 0.05) is 24.1 Å². The van der Waals surface area contributed by atoms with Crippen molar-refractivity contribution < 1.29 is 4.74 Å². The van der Waals surface area contributed by atoms with Crippen LogP contribution in [0.2, 0.25) is 0 Å². The lowest BCUT2D eigenvalue weighted by molar-refractivity contribution is -0.0549. The van der Waals surface area contributed by atoms with Crippen molar-refractivity contribution in [3.8, 4) is 0 Å². The Morgan fingerprint density at radius 2 is 2.38 bits per heavy atom. The molecule has 0 amide bonds. The third-order valence-electron chi connectivity index (χ3n) is 3.00. The highest BCUT2D eigenvalue weighted by Crippen LogP contribution is 2.23. The molecule has 1 aromatic heterocycles. The average molecular weight is 243 g/mol. The summed E-state index contributed by atoms with van der Waals surface area (Å²) < 4.78 is 5.82. The minimum Gasteiger partial charge on any atom is -0.374 e. The van der Waals surface area contributed by atoms with Gasteiger partial charge in [-0.3, -0.25) is 16.3 Å². The second-order valence-corrected chi connectivity index (χ2v) is 4.96. The van der Waals surface area contributed by atoms with Gasteiger partial charge in [-0.15, -0.1) is 11.3 Å². The minimum atomic E-state index is -0.229. The predicted molar refractivity (Wildman–Crippen MR) is 67.3 cm³/mol. The van der Waals surface area contributed by atoms with Gasteiger partial charge in [0.05, 0.1) is 17.2 Å². The van der Waals surface area contributed by atoms with E-state index in [1.165, 1.54) is 4.88 Å². The molecule has 2 unspecified atom stereocenters. The Bertz CT molecular complexity index is 291. The van der Waals surface area contributed by atoms with Crippen molar-refractivity contribution in [2.24, 2.45) is 5.84 Å². The first-order valence-corrected chi connectivity index (χ1v) is 6.51. The summed E-state index contributed by atoms with van der Waals surface area (Å²) in [5.74, 6) is 5.64. The number of nitrogens with zero attached hydrogens (tertiary/aromatic N) is 1. The quantitative estimate of drug-likeness (QED) is 0.565. The Hall–Kier alpha value is -0.490. The summed E-state index contributed by atoms with van der Waals surface area (Å²) in [6, 6.07) is 0.109. The summed E-state index contributed by atoms with van der Waals surface area (Å²) in [7, 11) is 0. The SMILES string of the molecule is CCOC(C)(CC)C(Cc1cncs1)NN. The van der Waals surface area contributed by atoms with Gasteiger partial charge in [-0.2, -0.15) is 0 Å². The smallest absolute Gasteiger partial charge is 0.0820 e. The molecule has 3 N–H and O–H groups in total. The van der Waals surface area contributed by atoms with Gasteiger partial charge in [0.1, 0.15) is 0 Å². The Kier molecular flexibility index (Phi) is 5.34. The van der Waals surface area contributed by atoms with Crippen molar-refractivity contribution in [1.29, 1.82) is 0 Å². The minimum absolute atomic E-state index is 0.109. The van der Waals surface area contributed by atoms with Gasteiger partial charge in [-0.1, -0.05) is 6.92 Å². The van der Waals surface area contributed by atoms with Gasteiger partial charge in [0.15, 0.2) is 0 Å². The summed E-state index contributed by atoms with van der Waals surface area (Å²) in [6.45, 7) is 6.92. The van der Waals surface area contributed by atoms with Crippen LogP contribution in [0.4, 0.5) is 0 Å². The van der Waals surface area contributed by atoms with E-state index in [9.17, 15) is 0 Å². The highest BCUT2D eigenvalue weighted by atomic mass is 32.1. The van der Waals surface area contributed by atoms with E-state index in [0.29, 0.717) is 6.61 Å². The molecule has 16 heavy (non-hydrogen) atoms. The first-order chi connectivity index (χ1) is 7.66. The first-order valence-electron chi connectivity index (χ1n) is 5.63. The number of hydrazine groups is 1. The molecule has 4 nitrogen and oxygen atoms in total. The van der Waals surface area contributed by atoms with Crippen LogP contribution in [-0.4, -0.2) is 23.2 Å². The maximum Gasteiger partial charge on any atom is 0.0820 e. The van der Waals surface area contributed by atoms with Crippen LogP contribution in [0.1, 0.15) is 32.1 Å². The van der Waals surface area contributed by atoms with Crippen molar-refractivity contribution in [1.82, 2.24) is 10.4 Å². The third kappa shape index (κ3) is 3.25. The van der Waals surface area contributed by atoms with Crippen LogP contribution >= 0.6 is 11.3 Å². The Balaban J connectivity index is 2.71. The number of aromatic nitrogens is 1. The first kappa shape index (κ1) is 13.6. The third-order valence-corrected chi connectivity index (χ3v) is 3.81. The van der Waals surface area contributed by atoms with Crippen LogP contribution in [0.3, 0.4) is 0 Å². The topological polar surface area (TPSA) is 60.2 Å². The zero-order valence-corrected chi connectivity index (χ0v) is 11.0. The maximum absolute atomic E-state index is 5.82. The number of hydrogen-bond donors (Lipinski definition) is 2. The van der Waals surface area contributed by atoms with Crippen molar-refractivity contribution in [3.63, 3.8) is 0 Å². The molecule has 1 rings (SSSR count). The van der Waals surface area contributed by atoms with E-state index in [-0.39, 0.29) is 11.6 Å². The lowest BCUT2D eigenvalue weighted by atomic mass is 9.91. The molecule has 0 radical (unpaired) electrons. The van der Waals surface area contributed by atoms with E-state index in [4.69, 9.17) is 10.6 Å². The molecular weight excluding hydrogens is 222 g/mol. The molecule has 0 saturated carbocycles. The van der Waals surface area contributed by atoms with Gasteiger partial charge in [-0.05, 0) is 20.3 Å². The van der Waals surface area contributed by atoms with Crippen molar-refractivity contribution in [2.45, 2.75) is 45.3 Å². The van der Waals surface area contributed by atoms with Crippen LogP contribution in [0.25, 0.3) is 0 Å². The molecule has 0 aliphatic rings. The normalized spacial score (nSPS) is 17.0. The van der Waals surface area contributed by atoms with E-state index in [1.807, 2.05) is 18.6 Å². The number of nitrogens with two attached hydrogens (primary N) is 1. The molecule has 0 bridgehead atoms. The van der Waals surface area contributed by atoms with Gasteiger partial charge >= 0.3 is 0 Å². The van der Waals surface area contributed by atoms with Crippen LogP contribution in [-0.2, 0) is 11.2 Å². The van der Waals surface area contributed by atoms with Gasteiger partial charge in [0.2, 0.25) is 0 Å². The van der Waals surface area contributed by atoms with E-state index >= 15 is 0 Å². The van der Waals surface area contributed by atoms with E-state index in [1.54, 1.807) is 11.3 Å². The summed E-state index contributed by atoms with van der Waals surface area (Å²) in [5.41, 5.74) is 4.48. The molecule has 0 aromatic carbocycles. The van der Waals surface area contributed by atoms with Crippen LogP contribution in [0.5, 0.6) is 0 Å². The molecule has 0 spiro atoms. The average Bonchev–Trinajstić information content (AvgIpc) is 2.78. The fraction of sp³-hybridized carbons (Fsp3) is 0.727. The van der Waals surface area contributed by atoms with Crippen molar-refractivity contribution >= 4 is 11.3 Å². The highest BCUT2D eigenvalue weighted by molar-refractivity contribution is 7.09. The van der Waals surface area contributed by atoms with Crippen LogP contribution < -0.4 is 11.3 Å². The molecule has 0 aliphatic carbocycles. The Labute approximate surface area is 101 Å². The molecule has 92 valence electrons. The summed E-state index contributed by atoms with van der Waals surface area (Å²) in [5, 5.41) is 0. The molecule has 2 atom stereocenters. The number of nitrogens with one attached hydrogen (secondary N) is 1. The second kappa shape index (κ2) is 6.30. The zero-order chi connectivity index (χ0) is 12.0. The van der Waals surface area contributed by atoms with Gasteiger partial charge < -0.3 is 4.74 Å². The Morgan fingerprint density at radius 3 is 2.81 bits per heavy atom. The molecular formula is C11H21N3OS. The zero-order valence-electron chi connectivity index (χ0n) is 10.2. The number of hydrogen-bond acceptors (Lipinski definition) is 5. The second-order valence-electron chi connectivity index (χ2n) is 3.99. The lowest BCUT2D eigenvalue weighted by Crippen LogP contribution is -2.54. The largest absolute Gasteiger partial charge is 0.374 e. The van der Waals surface area contributed by atoms with Crippen LogP contribution in [0.15, 0.2) is 11.7 Å². The number of thiazole rings is 1. The summed E-state index contributed by atoms with van der Waals surface area (Å²) in [4.78, 5) is 5.30. The fourth-order valence-electron chi connectivity index (χ4n) is 1.77. The van der Waals surface area contributed by atoms with Gasteiger partial charge in [-0.25, -0.2) is 0 Å². The van der Waals surface area contributed by atoms with Crippen molar-refractivity contribution in [3.05, 3.63) is 16.6 Å². The molecule has 5 heteroatoms. The van der Waals surface area contributed by atoms with E-state index in [2.05, 4.69) is 24.3 Å². The fourth-order valence-corrected chi connectivity index (χ4v) is 2.42. The van der Waals surface area contributed by atoms with Crippen molar-refractivity contribution in [2.75, 3.05) is 6.61 Å². The Morgan fingerprint density at radius 1 is 1.62 bits per heavy atom. The standard InChI is InChI=1S/C11H21N3OS/c1-4-11(3,15-5-2)10(14-12)6-9-7-13-8-16-9/h7-8,10,14H,4-6,12H2,1-3H3. The monoisotopic (exact) mass is 243 g/mol. The molecule has 1 heterocycles. The maximum atomic E-state index is 5.82.